The van der Waals surface area contributed by atoms with Crippen LogP contribution in [0.2, 0.25) is 0 Å². The molecule has 0 aliphatic heterocycles. The van der Waals surface area contributed by atoms with E-state index in [4.69, 9.17) is 14.0 Å². The third-order valence-corrected chi connectivity index (χ3v) is 0. The summed E-state index contributed by atoms with van der Waals surface area (Å²) in [5.74, 6) is 0. The maximum absolute atomic E-state index is 8.52. The summed E-state index contributed by atoms with van der Waals surface area (Å²) in [5, 5.41) is 0. The van der Waals surface area contributed by atoms with Crippen LogP contribution in [0.5, 0.6) is 0 Å². The minimum Gasteiger partial charge on any atom is -0.321 e. The quantitative estimate of drug-likeness (QED) is 0.326. The Balaban J connectivity index is 0. The van der Waals surface area contributed by atoms with E-state index in [-0.39, 0.29) is 29.6 Å². The molecule has 0 aromatic rings. The fourth-order valence-electron chi connectivity index (χ4n) is 0. The van der Waals surface area contributed by atoms with Crippen molar-refractivity contribution in [1.29, 1.82) is 0 Å². The van der Waals surface area contributed by atoms with Crippen LogP contribution in [-0.2, 0) is 0 Å². The molecular weight excluding hydrogens is 106 g/mol. The van der Waals surface area contributed by atoms with Crippen LogP contribution >= 0.6 is 0 Å². The zero-order chi connectivity index (χ0) is 3.58. The van der Waals surface area contributed by atoms with Gasteiger partial charge in [-0.2, -0.15) is 0 Å². The molecule has 5 heavy (non-hydrogen) atoms. The Labute approximate surface area is 54.3 Å². The van der Waals surface area contributed by atoms with Crippen LogP contribution in [0, 0.1) is 10.8 Å². The largest absolute Gasteiger partial charge is 0.321 e. The number of rotatable bonds is 0. The van der Waals surface area contributed by atoms with Gasteiger partial charge < -0.3 is 9.32 Å². The summed E-state index contributed by atoms with van der Waals surface area (Å²) in [4.78, 5) is 0. The van der Waals surface area contributed by atoms with E-state index >= 15 is 0 Å². The monoisotopic (exact) mass is 108 g/mol. The molecule has 0 spiro atoms. The van der Waals surface area contributed by atoms with Gasteiger partial charge in [0.15, 0.2) is 0 Å². The van der Waals surface area contributed by atoms with Crippen LogP contribution in [-0.4, -0.2) is 34.2 Å². The van der Waals surface area contributed by atoms with Crippen molar-refractivity contribution in [1.82, 2.24) is 0 Å². The van der Waals surface area contributed by atoms with Crippen molar-refractivity contribution < 1.29 is 24.8 Å². The first-order chi connectivity index (χ1) is 1.73. The van der Waals surface area contributed by atoms with Gasteiger partial charge in [-0.25, -0.2) is 0 Å². The molecule has 0 rings (SSSR count). The van der Waals surface area contributed by atoms with Crippen molar-refractivity contribution in [3.05, 3.63) is 0 Å². The van der Waals surface area contributed by atoms with E-state index in [1.165, 1.54) is 0 Å². The molecule has 0 bridgehead atoms. The van der Waals surface area contributed by atoms with Crippen LogP contribution in [0.1, 0.15) is 0 Å². The Morgan fingerprint density at radius 2 is 1.40 bits per heavy atom. The maximum Gasteiger partial charge on any atom is 0.282 e. The molecule has 0 heterocycles. The van der Waals surface area contributed by atoms with Crippen LogP contribution < -0.4 is 9.32 Å². The normalized spacial score (nSPS) is 7.20. The molecule has 5 heteroatoms. The van der Waals surface area contributed by atoms with E-state index in [0.717, 1.165) is 0 Å². The summed E-state index contributed by atoms with van der Waals surface area (Å²) >= 11 is 0. The minimum absolute atomic E-state index is 0. The Morgan fingerprint density at radius 1 is 1.40 bits per heavy atom. The molecule has 0 unspecified atom stereocenters. The maximum atomic E-state index is 8.52. The second-order valence-electron chi connectivity index (χ2n) is 0.201. The van der Waals surface area contributed by atoms with E-state index in [2.05, 4.69) is 0 Å². The van der Waals surface area contributed by atoms with E-state index in [1.807, 2.05) is 0 Å². The minimum atomic E-state index is -2.60. The summed E-state index contributed by atoms with van der Waals surface area (Å²) in [6.07, 6.45) is 0. The smallest absolute Gasteiger partial charge is 0.282 e. The average molecular weight is 108 g/mol. The van der Waals surface area contributed by atoms with Crippen molar-refractivity contribution in [3.8, 4) is 0 Å². The molecule has 0 saturated carbocycles. The Hall–Kier alpha value is 1.17. The molecule has 28 valence electrons. The number of halogens is 1. The van der Waals surface area contributed by atoms with Crippen molar-refractivity contribution in [2.75, 3.05) is 0 Å². The predicted molar refractivity (Wildman–Crippen MR) is 9.37 cm³/mol. The summed E-state index contributed by atoms with van der Waals surface area (Å²) in [6.45, 7) is 0. The first kappa shape index (κ1) is 9.48. The SMILES string of the molecule is [NaH].[O-][Cl+2]([O-])O. The Bertz CT molecular complexity index is 11.6. The first-order valence-corrected chi connectivity index (χ1v) is 1.43. The summed E-state index contributed by atoms with van der Waals surface area (Å²) in [5.41, 5.74) is 0. The number of hydrogen-bond acceptors (Lipinski definition) is 3. The van der Waals surface area contributed by atoms with Crippen LogP contribution in [0.15, 0.2) is 0 Å². The van der Waals surface area contributed by atoms with Gasteiger partial charge in [0.05, 0.1) is 0 Å². The third-order valence-electron chi connectivity index (χ3n) is 0. The van der Waals surface area contributed by atoms with Gasteiger partial charge in [0.2, 0.25) is 0 Å². The van der Waals surface area contributed by atoms with Gasteiger partial charge in [-0.15, -0.1) is 0 Å². The van der Waals surface area contributed by atoms with E-state index < -0.39 is 10.8 Å². The second-order valence-corrected chi connectivity index (χ2v) is 0.603. The van der Waals surface area contributed by atoms with Gasteiger partial charge in [0.25, 0.3) is 10.8 Å². The zero-order valence-corrected chi connectivity index (χ0v) is 2.40. The standard InChI is InChI=1S/ClHO3.Na.H/c2-1(3)4;;/h2H;;. The molecule has 0 radical (unpaired) electrons. The van der Waals surface area contributed by atoms with Crippen molar-refractivity contribution in [3.63, 3.8) is 0 Å². The van der Waals surface area contributed by atoms with Crippen molar-refractivity contribution in [2.45, 2.75) is 0 Å². The second kappa shape index (κ2) is 5.17. The Morgan fingerprint density at radius 3 is 1.40 bits per heavy atom. The molecule has 0 amide bonds. The van der Waals surface area contributed by atoms with Crippen molar-refractivity contribution in [2.24, 2.45) is 0 Å². The summed E-state index contributed by atoms with van der Waals surface area (Å²) < 4.78 is 24.0. The molecule has 0 atom stereocenters. The molecule has 3 nitrogen and oxygen atoms in total. The van der Waals surface area contributed by atoms with Gasteiger partial charge in [0.1, 0.15) is 0 Å². The van der Waals surface area contributed by atoms with Crippen molar-refractivity contribution >= 4 is 29.6 Å². The molecule has 0 fully saturated rings. The van der Waals surface area contributed by atoms with Gasteiger partial charge >= 0.3 is 29.6 Å². The number of hydrogen-bond donors (Lipinski definition) is 1. The summed E-state index contributed by atoms with van der Waals surface area (Å²) in [6, 6.07) is 0. The molecular formula is H2ClNaO3. The van der Waals surface area contributed by atoms with Gasteiger partial charge in [0, 0.05) is 4.66 Å². The van der Waals surface area contributed by atoms with Crippen LogP contribution in [0.25, 0.3) is 0 Å². The molecule has 0 aliphatic rings. The third kappa shape index (κ3) is 38.0. The van der Waals surface area contributed by atoms with E-state index in [1.54, 1.807) is 0 Å². The van der Waals surface area contributed by atoms with Gasteiger partial charge in [-0.05, 0) is 0 Å². The fourth-order valence-corrected chi connectivity index (χ4v) is 0. The molecule has 0 aromatic heterocycles. The van der Waals surface area contributed by atoms with Crippen LogP contribution in [0.4, 0.5) is 0 Å². The topological polar surface area (TPSA) is 66.3 Å². The molecule has 0 aromatic carbocycles. The zero-order valence-electron chi connectivity index (χ0n) is 1.64. The molecule has 0 aliphatic carbocycles. The van der Waals surface area contributed by atoms with Crippen LogP contribution in [0.3, 0.4) is 0 Å². The Kier molecular flexibility index (Phi) is 9.81. The van der Waals surface area contributed by atoms with E-state index in [9.17, 15) is 0 Å². The van der Waals surface area contributed by atoms with Gasteiger partial charge in [-0.1, -0.05) is 0 Å². The molecule has 1 N–H and O–H groups in total. The summed E-state index contributed by atoms with van der Waals surface area (Å²) in [7, 11) is -2.60. The fraction of sp³-hybridized carbons (Fsp3) is 0. The molecule has 0 saturated heterocycles. The predicted octanol–water partition coefficient (Wildman–Crippen LogP) is -3.58. The van der Waals surface area contributed by atoms with E-state index in [0.29, 0.717) is 0 Å². The van der Waals surface area contributed by atoms with Gasteiger partial charge in [-0.3, -0.25) is 0 Å². The first-order valence-electron chi connectivity index (χ1n) is 0.478. The average Bonchev–Trinajstić information content (AvgIpc) is 0.811.